The highest BCUT2D eigenvalue weighted by Gasteiger charge is 2.28. The topological polar surface area (TPSA) is 109 Å². The summed E-state index contributed by atoms with van der Waals surface area (Å²) in [6.07, 6.45) is 4.82. The first-order valence-corrected chi connectivity index (χ1v) is 8.46. The van der Waals surface area contributed by atoms with Gasteiger partial charge in [0.15, 0.2) is 5.76 Å². The molecule has 8 nitrogen and oxygen atoms in total. The average molecular weight is 388 g/mol. The first kappa shape index (κ1) is 18.1. The molecule has 2 aromatic carbocycles. The van der Waals surface area contributed by atoms with Crippen molar-refractivity contribution in [3.8, 4) is 11.5 Å². The third kappa shape index (κ3) is 3.72. The largest absolute Gasteiger partial charge is 0.452 e. The molecule has 1 aliphatic rings. The second kappa shape index (κ2) is 7.35. The van der Waals surface area contributed by atoms with E-state index >= 15 is 0 Å². The molecule has 0 saturated carbocycles. The second-order valence-corrected chi connectivity index (χ2v) is 6.07. The minimum atomic E-state index is -0.684. The number of nitro benzene ring substituents is 1. The number of aromatic nitrogens is 1. The lowest BCUT2D eigenvalue weighted by atomic mass is 10.1. The van der Waals surface area contributed by atoms with E-state index in [1.165, 1.54) is 42.5 Å². The number of esters is 1. The van der Waals surface area contributed by atoms with Gasteiger partial charge in [0.25, 0.3) is 5.69 Å². The predicted molar refractivity (Wildman–Crippen MR) is 102 cm³/mol. The number of carbonyl (C=O) groups excluding carboxylic acids is 2. The Morgan fingerprint density at radius 3 is 2.48 bits per heavy atom. The Hall–Kier alpha value is -4.33. The van der Waals surface area contributed by atoms with E-state index in [9.17, 15) is 19.7 Å². The van der Waals surface area contributed by atoms with Crippen molar-refractivity contribution in [1.29, 1.82) is 0 Å². The van der Waals surface area contributed by atoms with E-state index in [2.05, 4.69) is 4.98 Å². The highest BCUT2D eigenvalue weighted by atomic mass is 16.6. The minimum Gasteiger partial charge on any atom is -0.452 e. The summed E-state index contributed by atoms with van der Waals surface area (Å²) in [6.45, 7) is 0. The molecule has 0 atom stereocenters. The van der Waals surface area contributed by atoms with Crippen molar-refractivity contribution in [1.82, 2.24) is 4.98 Å². The number of nitrogens with zero attached hydrogens (tertiary/aromatic N) is 2. The maximum Gasteiger partial charge on any atom is 0.343 e. The number of Topliss-reactive ketones (excluding diaryl/α,β-unsaturated/α-hetero) is 1. The normalized spacial score (nSPS) is 13.7. The van der Waals surface area contributed by atoms with Gasteiger partial charge in [-0.3, -0.25) is 19.9 Å². The monoisotopic (exact) mass is 388 g/mol. The first-order valence-electron chi connectivity index (χ1n) is 8.46. The molecular formula is C21H12N2O6. The lowest BCUT2D eigenvalue weighted by Crippen LogP contribution is -2.08. The number of rotatable bonds is 4. The zero-order valence-corrected chi connectivity index (χ0v) is 14.8. The molecule has 0 aliphatic carbocycles. The number of benzene rings is 2. The Morgan fingerprint density at radius 2 is 1.79 bits per heavy atom. The van der Waals surface area contributed by atoms with Crippen molar-refractivity contribution in [2.45, 2.75) is 0 Å². The molecular weight excluding hydrogens is 376 g/mol. The van der Waals surface area contributed by atoms with Crippen molar-refractivity contribution < 1.29 is 24.0 Å². The van der Waals surface area contributed by atoms with Crippen molar-refractivity contribution in [3.05, 3.63) is 99.6 Å². The van der Waals surface area contributed by atoms with Crippen molar-refractivity contribution >= 4 is 23.5 Å². The molecule has 0 unspecified atom stereocenters. The summed E-state index contributed by atoms with van der Waals surface area (Å²) in [7, 11) is 0. The number of fused-ring (bicyclic) bond motifs is 1. The SMILES string of the molecule is O=C(Oc1ccc2c(c1)OC(=Cc1ccncc1)C2=O)c1ccc([N+](=O)[O-])cc1. The van der Waals surface area contributed by atoms with Gasteiger partial charge in [0.1, 0.15) is 11.5 Å². The van der Waals surface area contributed by atoms with Gasteiger partial charge < -0.3 is 9.47 Å². The number of pyridine rings is 1. The van der Waals surface area contributed by atoms with Gasteiger partial charge in [-0.1, -0.05) is 0 Å². The van der Waals surface area contributed by atoms with Crippen molar-refractivity contribution in [2.75, 3.05) is 0 Å². The van der Waals surface area contributed by atoms with Crippen LogP contribution in [0.3, 0.4) is 0 Å². The molecule has 4 rings (SSSR count). The predicted octanol–water partition coefficient (Wildman–Crippen LogP) is 3.83. The molecule has 0 bridgehead atoms. The van der Waals surface area contributed by atoms with E-state index in [1.807, 2.05) is 0 Å². The molecule has 0 fully saturated rings. The Morgan fingerprint density at radius 1 is 1.07 bits per heavy atom. The van der Waals surface area contributed by atoms with Crippen LogP contribution < -0.4 is 9.47 Å². The maximum absolute atomic E-state index is 12.5. The summed E-state index contributed by atoms with van der Waals surface area (Å²) in [5.74, 6) is -0.332. The van der Waals surface area contributed by atoms with Gasteiger partial charge in [-0.15, -0.1) is 0 Å². The van der Waals surface area contributed by atoms with E-state index in [-0.39, 0.29) is 34.3 Å². The molecule has 0 spiro atoms. The van der Waals surface area contributed by atoms with Crippen LogP contribution in [0.1, 0.15) is 26.3 Å². The highest BCUT2D eigenvalue weighted by Crippen LogP contribution is 2.35. The van der Waals surface area contributed by atoms with Gasteiger partial charge in [0.2, 0.25) is 5.78 Å². The number of non-ortho nitro benzene ring substituents is 1. The van der Waals surface area contributed by atoms with E-state index in [0.717, 1.165) is 5.56 Å². The first-order chi connectivity index (χ1) is 14.0. The molecule has 8 heteroatoms. The summed E-state index contributed by atoms with van der Waals surface area (Å²) >= 11 is 0. The lowest BCUT2D eigenvalue weighted by molar-refractivity contribution is -0.384. The van der Waals surface area contributed by atoms with Gasteiger partial charge in [0.05, 0.1) is 16.1 Å². The van der Waals surface area contributed by atoms with Crippen LogP contribution in [-0.2, 0) is 0 Å². The maximum atomic E-state index is 12.5. The molecule has 0 saturated heterocycles. The molecule has 3 aromatic rings. The van der Waals surface area contributed by atoms with Crippen LogP contribution in [0.4, 0.5) is 5.69 Å². The quantitative estimate of drug-likeness (QED) is 0.220. The van der Waals surface area contributed by atoms with Crippen LogP contribution in [0, 0.1) is 10.1 Å². The number of hydrogen-bond acceptors (Lipinski definition) is 7. The Balaban J connectivity index is 1.52. The van der Waals surface area contributed by atoms with Crippen molar-refractivity contribution in [3.63, 3.8) is 0 Å². The van der Waals surface area contributed by atoms with Gasteiger partial charge in [-0.2, -0.15) is 0 Å². The zero-order valence-electron chi connectivity index (χ0n) is 14.8. The molecule has 1 aromatic heterocycles. The standard InChI is InChI=1S/C21H12N2O6/c24-20-17-6-5-16(28-21(25)14-1-3-15(4-2-14)23(26)27)12-18(17)29-19(20)11-13-7-9-22-10-8-13/h1-12H. The van der Waals surface area contributed by atoms with E-state index in [0.29, 0.717) is 5.56 Å². The van der Waals surface area contributed by atoms with Crippen molar-refractivity contribution in [2.24, 2.45) is 0 Å². The molecule has 1 aliphatic heterocycles. The van der Waals surface area contributed by atoms with E-state index < -0.39 is 10.9 Å². The summed E-state index contributed by atoms with van der Waals surface area (Å²) < 4.78 is 10.9. The fourth-order valence-corrected chi connectivity index (χ4v) is 2.73. The minimum absolute atomic E-state index is 0.125. The number of allylic oxidation sites excluding steroid dienone is 1. The van der Waals surface area contributed by atoms with Crippen LogP contribution in [0.2, 0.25) is 0 Å². The summed E-state index contributed by atoms with van der Waals surface area (Å²) in [6, 6.07) is 13.0. The Kier molecular flexibility index (Phi) is 4.58. The summed E-state index contributed by atoms with van der Waals surface area (Å²) in [5, 5.41) is 10.7. The molecule has 29 heavy (non-hydrogen) atoms. The fourth-order valence-electron chi connectivity index (χ4n) is 2.73. The van der Waals surface area contributed by atoms with Crippen LogP contribution in [-0.4, -0.2) is 21.7 Å². The molecule has 0 N–H and O–H groups in total. The summed E-state index contributed by atoms with van der Waals surface area (Å²) in [4.78, 5) is 38.8. The van der Waals surface area contributed by atoms with Gasteiger partial charge >= 0.3 is 5.97 Å². The highest BCUT2D eigenvalue weighted by molar-refractivity contribution is 6.14. The average Bonchev–Trinajstić information content (AvgIpc) is 3.03. The molecule has 0 amide bonds. The van der Waals surface area contributed by atoms with Crippen LogP contribution in [0.15, 0.2) is 72.8 Å². The Bertz CT molecular complexity index is 1150. The molecule has 2 heterocycles. The third-order valence-electron chi connectivity index (χ3n) is 4.17. The van der Waals surface area contributed by atoms with E-state index in [4.69, 9.17) is 9.47 Å². The number of nitro groups is 1. The third-order valence-corrected chi connectivity index (χ3v) is 4.17. The Labute approximate surface area is 164 Å². The number of carbonyl (C=O) groups is 2. The van der Waals surface area contributed by atoms with Crippen LogP contribution in [0.25, 0.3) is 6.08 Å². The fraction of sp³-hybridized carbons (Fsp3) is 0. The summed E-state index contributed by atoms with van der Waals surface area (Å²) in [5.41, 5.74) is 1.16. The number of ketones is 1. The van der Waals surface area contributed by atoms with Gasteiger partial charge in [-0.25, -0.2) is 4.79 Å². The zero-order chi connectivity index (χ0) is 20.4. The van der Waals surface area contributed by atoms with E-state index in [1.54, 1.807) is 30.6 Å². The lowest BCUT2D eigenvalue weighted by Gasteiger charge is -2.05. The molecule has 142 valence electrons. The van der Waals surface area contributed by atoms with Gasteiger partial charge in [0, 0.05) is 30.6 Å². The number of ether oxygens (including phenoxy) is 2. The van der Waals surface area contributed by atoms with Crippen LogP contribution >= 0.6 is 0 Å². The second-order valence-electron chi connectivity index (χ2n) is 6.07. The number of hydrogen-bond donors (Lipinski definition) is 0. The molecule has 0 radical (unpaired) electrons. The van der Waals surface area contributed by atoms with Crippen LogP contribution in [0.5, 0.6) is 11.5 Å². The van der Waals surface area contributed by atoms with Gasteiger partial charge in [-0.05, 0) is 48.0 Å². The smallest absolute Gasteiger partial charge is 0.343 e.